The highest BCUT2D eigenvalue weighted by atomic mass is 15.1. The summed E-state index contributed by atoms with van der Waals surface area (Å²) >= 11 is 0. The molecule has 0 unspecified atom stereocenters. The van der Waals surface area contributed by atoms with Gasteiger partial charge >= 0.3 is 0 Å². The molecule has 1 fully saturated rings. The molecule has 0 spiro atoms. The Morgan fingerprint density at radius 2 is 2.06 bits per heavy atom. The quantitative estimate of drug-likeness (QED) is 0.864. The van der Waals surface area contributed by atoms with E-state index < -0.39 is 0 Å². The first kappa shape index (κ1) is 12.3. The summed E-state index contributed by atoms with van der Waals surface area (Å²) in [6.07, 6.45) is 9.80. The van der Waals surface area contributed by atoms with Crippen LogP contribution in [0.3, 0.4) is 0 Å². The lowest BCUT2D eigenvalue weighted by Crippen LogP contribution is -2.27. The number of rotatable bonds is 4. The normalized spacial score (nSPS) is 24.6. The van der Waals surface area contributed by atoms with Gasteiger partial charge in [0.15, 0.2) is 0 Å². The average molecular weight is 233 g/mol. The number of hydrogen-bond donors (Lipinski definition) is 1. The molecule has 3 heteroatoms. The minimum Gasteiger partial charge on any atom is -0.351 e. The van der Waals surface area contributed by atoms with E-state index in [1.807, 2.05) is 19.2 Å². The number of nitrogens with one attached hydrogen (secondary N) is 1. The number of anilines is 1. The summed E-state index contributed by atoms with van der Waals surface area (Å²) in [4.78, 5) is 8.67. The molecule has 0 aliphatic heterocycles. The van der Waals surface area contributed by atoms with Gasteiger partial charge in [-0.15, -0.1) is 0 Å². The van der Waals surface area contributed by atoms with E-state index in [4.69, 9.17) is 0 Å². The highest BCUT2D eigenvalue weighted by molar-refractivity contribution is 5.26. The summed E-state index contributed by atoms with van der Waals surface area (Å²) in [5, 5.41) is 3.46. The predicted octanol–water partition coefficient (Wildman–Crippen LogP) is 3.56. The second-order valence-electron chi connectivity index (χ2n) is 5.17. The molecule has 1 heterocycles. The zero-order valence-electron chi connectivity index (χ0n) is 10.9. The summed E-state index contributed by atoms with van der Waals surface area (Å²) in [6, 6.07) is 2.51. The van der Waals surface area contributed by atoms with Crippen molar-refractivity contribution >= 4 is 5.95 Å². The van der Waals surface area contributed by atoms with Gasteiger partial charge in [-0.2, -0.15) is 0 Å². The van der Waals surface area contributed by atoms with Crippen LogP contribution in [0.1, 0.15) is 51.1 Å². The van der Waals surface area contributed by atoms with Crippen LogP contribution in [0.15, 0.2) is 12.3 Å². The van der Waals surface area contributed by atoms with Gasteiger partial charge in [0, 0.05) is 17.9 Å². The van der Waals surface area contributed by atoms with Crippen molar-refractivity contribution in [2.75, 3.05) is 5.32 Å². The molecule has 0 radical (unpaired) electrons. The van der Waals surface area contributed by atoms with Crippen LogP contribution < -0.4 is 5.32 Å². The smallest absolute Gasteiger partial charge is 0.223 e. The lowest BCUT2D eigenvalue weighted by molar-refractivity contribution is 0.318. The fourth-order valence-electron chi connectivity index (χ4n) is 2.70. The Bertz CT molecular complexity index is 343. The van der Waals surface area contributed by atoms with Gasteiger partial charge in [0.1, 0.15) is 0 Å². The first-order valence-corrected chi connectivity index (χ1v) is 6.84. The second kappa shape index (κ2) is 5.99. The van der Waals surface area contributed by atoms with E-state index in [1.54, 1.807) is 0 Å². The standard InChI is InChI=1S/C14H23N3/c1-3-4-12-5-7-13(8-6-12)17-14-15-10-9-11(2)16-14/h9-10,12-13H,3-8H2,1-2H3,(H,15,16,17). The highest BCUT2D eigenvalue weighted by Crippen LogP contribution is 2.28. The van der Waals surface area contributed by atoms with Gasteiger partial charge in [0.25, 0.3) is 0 Å². The number of nitrogens with zero attached hydrogens (tertiary/aromatic N) is 2. The number of hydrogen-bond acceptors (Lipinski definition) is 3. The minimum absolute atomic E-state index is 0.574. The lowest BCUT2D eigenvalue weighted by Gasteiger charge is -2.28. The molecule has 17 heavy (non-hydrogen) atoms. The molecular weight excluding hydrogens is 210 g/mol. The molecule has 1 saturated carbocycles. The van der Waals surface area contributed by atoms with Crippen molar-refractivity contribution in [2.45, 2.75) is 58.4 Å². The summed E-state index contributed by atoms with van der Waals surface area (Å²) < 4.78 is 0. The number of aromatic nitrogens is 2. The fourth-order valence-corrected chi connectivity index (χ4v) is 2.70. The van der Waals surface area contributed by atoms with Gasteiger partial charge in [-0.25, -0.2) is 9.97 Å². The molecule has 1 aromatic heterocycles. The van der Waals surface area contributed by atoms with Gasteiger partial charge in [0.05, 0.1) is 0 Å². The van der Waals surface area contributed by atoms with Crippen LogP contribution in [-0.4, -0.2) is 16.0 Å². The third kappa shape index (κ3) is 3.69. The first-order chi connectivity index (χ1) is 8.28. The Labute approximate surface area is 104 Å². The molecule has 1 aromatic rings. The summed E-state index contributed by atoms with van der Waals surface area (Å²) in [6.45, 7) is 4.29. The Morgan fingerprint density at radius 3 is 2.71 bits per heavy atom. The SMILES string of the molecule is CCCC1CCC(Nc2nccc(C)n2)CC1. The van der Waals surface area contributed by atoms with Crippen LogP contribution in [0, 0.1) is 12.8 Å². The molecule has 0 amide bonds. The van der Waals surface area contributed by atoms with E-state index in [2.05, 4.69) is 22.2 Å². The second-order valence-corrected chi connectivity index (χ2v) is 5.17. The first-order valence-electron chi connectivity index (χ1n) is 6.84. The van der Waals surface area contributed by atoms with Gasteiger partial charge in [-0.3, -0.25) is 0 Å². The Hall–Kier alpha value is -1.12. The predicted molar refractivity (Wildman–Crippen MR) is 71.0 cm³/mol. The van der Waals surface area contributed by atoms with E-state index in [9.17, 15) is 0 Å². The van der Waals surface area contributed by atoms with Crippen molar-refractivity contribution in [2.24, 2.45) is 5.92 Å². The van der Waals surface area contributed by atoms with Crippen molar-refractivity contribution in [3.63, 3.8) is 0 Å². The Morgan fingerprint density at radius 1 is 1.29 bits per heavy atom. The molecule has 0 saturated heterocycles. The maximum atomic E-state index is 4.40. The average Bonchev–Trinajstić information content (AvgIpc) is 2.32. The van der Waals surface area contributed by atoms with Gasteiger partial charge in [-0.05, 0) is 44.6 Å². The Balaban J connectivity index is 1.82. The van der Waals surface area contributed by atoms with Crippen LogP contribution in [0.25, 0.3) is 0 Å². The van der Waals surface area contributed by atoms with Crippen molar-refractivity contribution in [1.82, 2.24) is 9.97 Å². The van der Waals surface area contributed by atoms with E-state index in [0.717, 1.165) is 17.6 Å². The third-order valence-electron chi connectivity index (χ3n) is 3.67. The van der Waals surface area contributed by atoms with Crippen LogP contribution in [0.5, 0.6) is 0 Å². The van der Waals surface area contributed by atoms with E-state index in [1.165, 1.54) is 38.5 Å². The maximum absolute atomic E-state index is 4.40. The minimum atomic E-state index is 0.574. The molecule has 1 aliphatic carbocycles. The summed E-state index contributed by atoms with van der Waals surface area (Å²) in [5.74, 6) is 1.75. The zero-order valence-corrected chi connectivity index (χ0v) is 10.9. The van der Waals surface area contributed by atoms with Crippen LogP contribution in [0.4, 0.5) is 5.95 Å². The van der Waals surface area contributed by atoms with Crippen molar-refractivity contribution < 1.29 is 0 Å². The van der Waals surface area contributed by atoms with E-state index >= 15 is 0 Å². The third-order valence-corrected chi connectivity index (χ3v) is 3.67. The monoisotopic (exact) mass is 233 g/mol. The highest BCUT2D eigenvalue weighted by Gasteiger charge is 2.20. The lowest BCUT2D eigenvalue weighted by atomic mass is 9.83. The molecule has 0 aromatic carbocycles. The zero-order chi connectivity index (χ0) is 12.1. The molecule has 1 aliphatic rings. The summed E-state index contributed by atoms with van der Waals surface area (Å²) in [5.41, 5.74) is 1.03. The number of aryl methyl sites for hydroxylation is 1. The van der Waals surface area contributed by atoms with E-state index in [0.29, 0.717) is 6.04 Å². The molecule has 2 rings (SSSR count). The molecular formula is C14H23N3. The largest absolute Gasteiger partial charge is 0.351 e. The maximum Gasteiger partial charge on any atom is 0.223 e. The van der Waals surface area contributed by atoms with Gasteiger partial charge in [-0.1, -0.05) is 19.8 Å². The molecule has 94 valence electrons. The van der Waals surface area contributed by atoms with Crippen LogP contribution in [-0.2, 0) is 0 Å². The summed E-state index contributed by atoms with van der Waals surface area (Å²) in [7, 11) is 0. The van der Waals surface area contributed by atoms with Gasteiger partial charge < -0.3 is 5.32 Å². The van der Waals surface area contributed by atoms with Crippen molar-refractivity contribution in [1.29, 1.82) is 0 Å². The molecule has 3 nitrogen and oxygen atoms in total. The topological polar surface area (TPSA) is 37.8 Å². The fraction of sp³-hybridized carbons (Fsp3) is 0.714. The molecule has 1 N–H and O–H groups in total. The van der Waals surface area contributed by atoms with Crippen molar-refractivity contribution in [3.8, 4) is 0 Å². The van der Waals surface area contributed by atoms with Gasteiger partial charge in [0.2, 0.25) is 5.95 Å². The molecule has 0 bridgehead atoms. The Kier molecular flexibility index (Phi) is 4.35. The van der Waals surface area contributed by atoms with Crippen LogP contribution in [0.2, 0.25) is 0 Å². The van der Waals surface area contributed by atoms with E-state index in [-0.39, 0.29) is 0 Å². The van der Waals surface area contributed by atoms with Crippen LogP contribution >= 0.6 is 0 Å². The molecule has 0 atom stereocenters. The van der Waals surface area contributed by atoms with Crippen molar-refractivity contribution in [3.05, 3.63) is 18.0 Å².